The van der Waals surface area contributed by atoms with Gasteiger partial charge in [-0.1, -0.05) is 60.7 Å². The zero-order chi connectivity index (χ0) is 46.6. The quantitative estimate of drug-likeness (QED) is 0.100. The van der Waals surface area contributed by atoms with Crippen LogP contribution in [0.25, 0.3) is 22.3 Å². The minimum absolute atomic E-state index is 0.317. The summed E-state index contributed by atoms with van der Waals surface area (Å²) in [5, 5.41) is 19.6. The van der Waals surface area contributed by atoms with Gasteiger partial charge in [-0.25, -0.2) is 9.59 Å². The molecule has 2 aliphatic heterocycles. The van der Waals surface area contributed by atoms with Gasteiger partial charge in [-0.3, -0.25) is 24.1 Å². The summed E-state index contributed by atoms with van der Waals surface area (Å²) < 4.78 is 11.6. The normalized spacial score (nSPS) is 17.3. The molecule has 0 bridgehead atoms. The molecule has 4 atom stereocenters. The number of furan rings is 1. The number of carbonyl (C=O) groups excluding carboxylic acids is 5. The van der Waals surface area contributed by atoms with Crippen molar-refractivity contribution in [2.75, 3.05) is 23.7 Å². The van der Waals surface area contributed by atoms with Crippen LogP contribution >= 0.6 is 0 Å². The number of hydrogen-bond acceptors (Lipinski definition) is 8. The van der Waals surface area contributed by atoms with E-state index in [0.29, 0.717) is 72.6 Å². The molecule has 6 amide bonds. The van der Waals surface area contributed by atoms with E-state index in [1.54, 1.807) is 139 Å². The topological polar surface area (TPSA) is 191 Å². The summed E-state index contributed by atoms with van der Waals surface area (Å²) in [6.45, 7) is 11.1. The Bertz CT molecular complexity index is 2550. The highest BCUT2D eigenvalue weighted by Crippen LogP contribution is 2.35. The van der Waals surface area contributed by atoms with Crippen molar-refractivity contribution in [2.45, 2.75) is 103 Å². The van der Waals surface area contributed by atoms with Gasteiger partial charge in [0.1, 0.15) is 41.1 Å². The highest BCUT2D eigenvalue weighted by atomic mass is 16.6. The van der Waals surface area contributed by atoms with E-state index in [9.17, 15) is 33.9 Å². The molecule has 0 spiro atoms. The number of fused-ring (bicyclic) bond motifs is 1. The van der Waals surface area contributed by atoms with Crippen LogP contribution in [0, 0.1) is 0 Å². The molecule has 0 radical (unpaired) electrons. The number of likely N-dealkylation sites (tertiary alicyclic amines) is 2. The molecular weight excluding hydrogens is 829 g/mol. The summed E-state index contributed by atoms with van der Waals surface area (Å²) in [6.07, 6.45) is 0.118. The lowest BCUT2D eigenvalue weighted by Crippen LogP contribution is -2.54. The Morgan fingerprint density at radius 2 is 1.23 bits per heavy atom. The first-order valence-electron chi connectivity index (χ1n) is 21.9. The van der Waals surface area contributed by atoms with E-state index >= 15 is 0 Å². The molecule has 65 heavy (non-hydrogen) atoms. The predicted octanol–water partition coefficient (Wildman–Crippen LogP) is 8.74. The van der Waals surface area contributed by atoms with Gasteiger partial charge in [0, 0.05) is 41.0 Å². The fraction of sp³-hybridized carbons (Fsp3) is 0.360. The smallest absolute Gasteiger partial charge is 0.408 e. The lowest BCUT2D eigenvalue weighted by atomic mass is 9.97. The lowest BCUT2D eigenvalue weighted by molar-refractivity contribution is -0.142. The number of carbonyl (C=O) groups is 6. The lowest BCUT2D eigenvalue weighted by Gasteiger charge is -2.41. The fourth-order valence-electron chi connectivity index (χ4n) is 8.54. The highest BCUT2D eigenvalue weighted by molar-refractivity contribution is 6.01. The highest BCUT2D eigenvalue weighted by Gasteiger charge is 2.45. The molecule has 1 aromatic heterocycles. The van der Waals surface area contributed by atoms with Gasteiger partial charge in [0.2, 0.25) is 11.8 Å². The third kappa shape index (κ3) is 10.6. The first-order valence-corrected chi connectivity index (χ1v) is 21.9. The van der Waals surface area contributed by atoms with Gasteiger partial charge in [0.15, 0.2) is 0 Å². The molecule has 7 rings (SSSR count). The monoisotopic (exact) mass is 884 g/mol. The first kappa shape index (κ1) is 45.9. The molecule has 2 aliphatic rings. The van der Waals surface area contributed by atoms with Crippen molar-refractivity contribution < 1.29 is 43.0 Å². The van der Waals surface area contributed by atoms with E-state index in [1.165, 1.54) is 9.80 Å². The maximum atomic E-state index is 14.3. The molecule has 2 saturated heterocycles. The fourth-order valence-corrected chi connectivity index (χ4v) is 8.54. The maximum Gasteiger partial charge on any atom is 0.408 e. The van der Waals surface area contributed by atoms with E-state index < -0.39 is 59.3 Å². The number of carboxylic acid groups (broad SMARTS) is 1. The molecule has 15 heteroatoms. The Labute approximate surface area is 378 Å². The number of alkyl carbamates (subject to hydrolysis) is 1. The molecule has 0 aliphatic carbocycles. The summed E-state index contributed by atoms with van der Waals surface area (Å²) in [5.74, 6) is -1.03. The van der Waals surface area contributed by atoms with Crippen LogP contribution in [-0.2, 0) is 23.9 Å². The van der Waals surface area contributed by atoms with Crippen LogP contribution in [0.15, 0.2) is 114 Å². The van der Waals surface area contributed by atoms with E-state index in [2.05, 4.69) is 16.0 Å². The number of amides is 6. The van der Waals surface area contributed by atoms with E-state index in [0.717, 1.165) is 15.8 Å². The average molecular weight is 885 g/mol. The second-order valence-corrected chi connectivity index (χ2v) is 18.4. The largest absolute Gasteiger partial charge is 0.465 e. The molecule has 0 saturated carbocycles. The molecule has 5 aromatic rings. The number of hydrogen-bond donors (Lipinski definition) is 4. The van der Waals surface area contributed by atoms with Gasteiger partial charge in [-0.2, -0.15) is 0 Å². The third-order valence-electron chi connectivity index (χ3n) is 11.5. The Hall–Kier alpha value is -7.16. The van der Waals surface area contributed by atoms with Crippen molar-refractivity contribution in [3.8, 4) is 11.3 Å². The van der Waals surface area contributed by atoms with Crippen LogP contribution < -0.4 is 16.0 Å². The van der Waals surface area contributed by atoms with E-state index in [4.69, 9.17) is 9.15 Å². The summed E-state index contributed by atoms with van der Waals surface area (Å²) >= 11 is 0. The zero-order valence-electron chi connectivity index (χ0n) is 37.5. The van der Waals surface area contributed by atoms with Gasteiger partial charge in [-0.05, 0) is 127 Å². The predicted molar refractivity (Wildman–Crippen MR) is 246 cm³/mol. The van der Waals surface area contributed by atoms with Crippen LogP contribution in [-0.4, -0.2) is 91.9 Å². The first-order chi connectivity index (χ1) is 30.9. The Kier molecular flexibility index (Phi) is 13.3. The number of anilines is 2. The van der Waals surface area contributed by atoms with Crippen LogP contribution in [0.2, 0.25) is 0 Å². The summed E-state index contributed by atoms with van der Waals surface area (Å²) in [5.41, 5.74) is 1.76. The number of benzene rings is 4. The molecule has 4 N–H and O–H groups in total. The van der Waals surface area contributed by atoms with Gasteiger partial charge < -0.3 is 40.0 Å². The van der Waals surface area contributed by atoms with Crippen LogP contribution in [0.4, 0.5) is 21.0 Å². The number of nitrogens with one attached hydrogen (secondary N) is 3. The number of nitrogens with zero attached hydrogens (tertiary/aromatic N) is 3. The minimum atomic E-state index is -1.23. The van der Waals surface area contributed by atoms with Crippen molar-refractivity contribution in [2.24, 2.45) is 0 Å². The SMILES string of the molecule is CC(C)(C)OC(=O)N[C@H](C(=O)N1CCC[C@H]1C(=O)Nc1ccc2oc(-c3ccc(NC(=O)[C@@H]4CCCN4C(=O)[C@H](c4ccccc4)N(C(=O)O)C(C)(C)C)cc3)cc2c1)c1ccccc1. The van der Waals surface area contributed by atoms with Crippen molar-refractivity contribution >= 4 is 58.2 Å². The third-order valence-corrected chi connectivity index (χ3v) is 11.5. The molecule has 3 heterocycles. The Balaban J connectivity index is 1.01. The van der Waals surface area contributed by atoms with Crippen molar-refractivity contribution in [3.63, 3.8) is 0 Å². The molecule has 340 valence electrons. The minimum Gasteiger partial charge on any atom is -0.465 e. The summed E-state index contributed by atoms with van der Waals surface area (Å²) in [7, 11) is 0. The summed E-state index contributed by atoms with van der Waals surface area (Å²) in [4.78, 5) is 85.4. The maximum absolute atomic E-state index is 14.3. The number of ether oxygens (including phenoxy) is 1. The average Bonchev–Trinajstić information content (AvgIpc) is 4.05. The van der Waals surface area contributed by atoms with Crippen molar-refractivity contribution in [3.05, 3.63) is 120 Å². The molecule has 4 aromatic carbocycles. The molecule has 0 unspecified atom stereocenters. The second kappa shape index (κ2) is 18.9. The van der Waals surface area contributed by atoms with Crippen molar-refractivity contribution in [1.29, 1.82) is 0 Å². The Morgan fingerprint density at radius 1 is 0.692 bits per heavy atom. The second-order valence-electron chi connectivity index (χ2n) is 18.4. The Morgan fingerprint density at radius 3 is 1.78 bits per heavy atom. The summed E-state index contributed by atoms with van der Waals surface area (Å²) in [6, 6.07) is 28.1. The van der Waals surface area contributed by atoms with E-state index in [1.807, 2.05) is 12.1 Å². The van der Waals surface area contributed by atoms with Gasteiger partial charge in [0.05, 0.1) is 0 Å². The van der Waals surface area contributed by atoms with Gasteiger partial charge in [0.25, 0.3) is 11.8 Å². The van der Waals surface area contributed by atoms with Crippen LogP contribution in [0.5, 0.6) is 0 Å². The van der Waals surface area contributed by atoms with Crippen LogP contribution in [0.1, 0.15) is 90.4 Å². The molecule has 2 fully saturated rings. The molecular formula is C50H56N6O9. The van der Waals surface area contributed by atoms with Crippen LogP contribution in [0.3, 0.4) is 0 Å². The molecule has 15 nitrogen and oxygen atoms in total. The number of rotatable bonds is 11. The standard InChI is InChI=1S/C50H56N6O9/c1-49(2,3)56(48(62)63)42(33-17-11-8-12-18-33)46(60)55-28-14-20-38(55)43(57)51-35-23-21-31(22-24-35)40-30-34-29-36(25-26-39(34)64-40)52-44(58)37-19-13-27-54(37)45(59)41(32-15-9-7-10-16-32)53-47(61)65-50(4,5)6/h7-12,15-18,21-26,29-30,37-38,41-42H,13-14,19-20,27-28H2,1-6H3,(H,51,57)(H,52,58)(H,53,61)(H,62,63)/t37-,38-,41-,42-/m0/s1. The van der Waals surface area contributed by atoms with Crippen molar-refractivity contribution in [1.82, 2.24) is 20.0 Å². The van der Waals surface area contributed by atoms with Gasteiger partial charge in [-0.15, -0.1) is 0 Å². The van der Waals surface area contributed by atoms with E-state index in [-0.39, 0.29) is 11.8 Å². The van der Waals surface area contributed by atoms with Gasteiger partial charge >= 0.3 is 12.2 Å². The zero-order valence-corrected chi connectivity index (χ0v) is 37.5.